The lowest BCUT2D eigenvalue weighted by molar-refractivity contribution is 0.0695. The van der Waals surface area contributed by atoms with Gasteiger partial charge < -0.3 is 14.5 Å². The summed E-state index contributed by atoms with van der Waals surface area (Å²) < 4.78 is 7.05. The number of rotatable bonds is 4. The van der Waals surface area contributed by atoms with E-state index >= 15 is 0 Å². The van der Waals surface area contributed by atoms with Gasteiger partial charge in [-0.3, -0.25) is 14.9 Å². The molecule has 29 heavy (non-hydrogen) atoms. The van der Waals surface area contributed by atoms with Gasteiger partial charge in [0.05, 0.1) is 5.56 Å². The Balaban J connectivity index is 1.40. The van der Waals surface area contributed by atoms with Gasteiger partial charge in [0.25, 0.3) is 11.8 Å². The third-order valence-electron chi connectivity index (χ3n) is 4.78. The maximum atomic E-state index is 12.5. The van der Waals surface area contributed by atoms with Crippen LogP contribution in [-0.2, 0) is 4.74 Å². The van der Waals surface area contributed by atoms with Crippen molar-refractivity contribution >= 4 is 39.9 Å². The Kier molecular flexibility index (Phi) is 5.57. The highest BCUT2D eigenvalue weighted by atomic mass is 32.1. The highest BCUT2D eigenvalue weighted by molar-refractivity contribution is 7.14. The number of ether oxygens (including phenoxy) is 1. The minimum absolute atomic E-state index is 0.145. The molecule has 9 heteroatoms. The van der Waals surface area contributed by atoms with Crippen molar-refractivity contribution in [1.82, 2.24) is 14.7 Å². The van der Waals surface area contributed by atoms with Crippen LogP contribution in [-0.4, -0.2) is 33.4 Å². The fourth-order valence-electron chi connectivity index (χ4n) is 3.32. The smallest absolute Gasteiger partial charge is 0.414 e. The van der Waals surface area contributed by atoms with E-state index in [4.69, 9.17) is 4.74 Å². The molecule has 3 amide bonds. The van der Waals surface area contributed by atoms with Gasteiger partial charge in [0, 0.05) is 12.4 Å². The topological polar surface area (TPSA) is 102 Å². The number of imidazole rings is 1. The molecule has 0 aliphatic heterocycles. The number of carbonyl (C=O) groups excluding carboxylic acids is 3. The summed E-state index contributed by atoms with van der Waals surface area (Å²) >= 11 is 1.19. The molecular weight excluding hydrogens is 392 g/mol. The quantitative estimate of drug-likeness (QED) is 0.678. The van der Waals surface area contributed by atoms with E-state index in [1.807, 2.05) is 12.1 Å². The lowest BCUT2D eigenvalue weighted by Gasteiger charge is -2.21. The minimum Gasteiger partial charge on any atom is -0.446 e. The molecule has 8 nitrogen and oxygen atoms in total. The Morgan fingerprint density at radius 3 is 2.72 bits per heavy atom. The molecule has 1 saturated carbocycles. The zero-order chi connectivity index (χ0) is 20.2. The van der Waals surface area contributed by atoms with Crippen LogP contribution in [0.25, 0.3) is 5.65 Å². The van der Waals surface area contributed by atoms with Crippen LogP contribution < -0.4 is 10.6 Å². The number of carbonyl (C=O) groups is 3. The van der Waals surface area contributed by atoms with Crippen molar-refractivity contribution in [2.75, 3.05) is 5.32 Å². The minimum atomic E-state index is -0.759. The standard InChI is InChI=1S/C20H20N4O4S/c25-17(23-20(27)28-13-6-2-1-3-7-13)14-9-11-29-19(14)22-18(26)15-12-24-10-5-4-8-16(24)21-15/h4-5,8-13H,1-3,6-7H2,(H,22,26)(H,23,25,27). The van der Waals surface area contributed by atoms with Crippen molar-refractivity contribution in [2.45, 2.75) is 38.2 Å². The number of hydrogen-bond acceptors (Lipinski definition) is 6. The number of aromatic nitrogens is 2. The summed E-state index contributed by atoms with van der Waals surface area (Å²) in [6.45, 7) is 0. The van der Waals surface area contributed by atoms with Gasteiger partial charge in [-0.05, 0) is 49.3 Å². The largest absolute Gasteiger partial charge is 0.446 e. The molecule has 3 heterocycles. The van der Waals surface area contributed by atoms with E-state index in [9.17, 15) is 14.4 Å². The summed E-state index contributed by atoms with van der Waals surface area (Å²) in [4.78, 5) is 41.3. The van der Waals surface area contributed by atoms with Crippen molar-refractivity contribution in [2.24, 2.45) is 0 Å². The molecular formula is C20H20N4O4S. The van der Waals surface area contributed by atoms with Gasteiger partial charge in [0.2, 0.25) is 0 Å². The maximum absolute atomic E-state index is 12.5. The van der Waals surface area contributed by atoms with Crippen LogP contribution in [0, 0.1) is 0 Å². The summed E-state index contributed by atoms with van der Waals surface area (Å²) in [5, 5.41) is 6.94. The number of imide groups is 1. The van der Waals surface area contributed by atoms with Crippen LogP contribution in [0.5, 0.6) is 0 Å². The van der Waals surface area contributed by atoms with Gasteiger partial charge in [-0.2, -0.15) is 0 Å². The molecule has 1 aliphatic rings. The number of nitrogens with zero attached hydrogens (tertiary/aromatic N) is 2. The van der Waals surface area contributed by atoms with Crippen molar-refractivity contribution in [3.63, 3.8) is 0 Å². The number of anilines is 1. The van der Waals surface area contributed by atoms with Crippen LogP contribution in [0.3, 0.4) is 0 Å². The molecule has 3 aromatic rings. The van der Waals surface area contributed by atoms with Crippen molar-refractivity contribution in [3.05, 3.63) is 53.3 Å². The second kappa shape index (κ2) is 8.44. The highest BCUT2D eigenvalue weighted by Gasteiger charge is 2.22. The SMILES string of the molecule is O=C(NC(=O)c1ccsc1NC(=O)c1cn2ccccc2n1)OC1CCCCC1. The first kappa shape index (κ1) is 19.1. The fraction of sp³-hybridized carbons (Fsp3) is 0.300. The number of thiophene rings is 1. The van der Waals surface area contributed by atoms with Gasteiger partial charge in [-0.25, -0.2) is 9.78 Å². The fourth-order valence-corrected chi connectivity index (χ4v) is 4.10. The zero-order valence-corrected chi connectivity index (χ0v) is 16.4. The second-order valence-electron chi connectivity index (χ2n) is 6.83. The van der Waals surface area contributed by atoms with Crippen LogP contribution in [0.1, 0.15) is 53.0 Å². The first-order valence-electron chi connectivity index (χ1n) is 9.45. The van der Waals surface area contributed by atoms with Crippen molar-refractivity contribution < 1.29 is 19.1 Å². The highest BCUT2D eigenvalue weighted by Crippen LogP contribution is 2.24. The number of pyridine rings is 1. The monoisotopic (exact) mass is 412 g/mol. The van der Waals surface area contributed by atoms with E-state index in [1.165, 1.54) is 11.3 Å². The average molecular weight is 412 g/mol. The predicted octanol–water partition coefficient (Wildman–Crippen LogP) is 3.85. The van der Waals surface area contributed by atoms with E-state index in [1.54, 1.807) is 34.3 Å². The van der Waals surface area contributed by atoms with Crippen LogP contribution in [0.2, 0.25) is 0 Å². The number of fused-ring (bicyclic) bond motifs is 1. The molecule has 0 aromatic carbocycles. The van der Waals surface area contributed by atoms with Gasteiger partial charge >= 0.3 is 6.09 Å². The number of nitrogens with one attached hydrogen (secondary N) is 2. The van der Waals surface area contributed by atoms with Crippen LogP contribution in [0.15, 0.2) is 42.0 Å². The first-order chi connectivity index (χ1) is 14.1. The third-order valence-corrected chi connectivity index (χ3v) is 5.60. The molecule has 0 spiro atoms. The van der Waals surface area contributed by atoms with E-state index in [-0.39, 0.29) is 17.4 Å². The van der Waals surface area contributed by atoms with Gasteiger partial charge in [0.1, 0.15) is 22.4 Å². The van der Waals surface area contributed by atoms with E-state index in [2.05, 4.69) is 15.6 Å². The molecule has 3 aromatic heterocycles. The molecule has 150 valence electrons. The summed E-state index contributed by atoms with van der Waals surface area (Å²) in [5.41, 5.74) is 1.08. The second-order valence-corrected chi connectivity index (χ2v) is 7.75. The van der Waals surface area contributed by atoms with E-state index in [0.717, 1.165) is 32.1 Å². The zero-order valence-electron chi connectivity index (χ0n) is 15.6. The van der Waals surface area contributed by atoms with E-state index < -0.39 is 17.9 Å². The molecule has 0 unspecified atom stereocenters. The Bertz CT molecular complexity index is 1020. The van der Waals surface area contributed by atoms with Crippen molar-refractivity contribution in [3.8, 4) is 0 Å². The Labute approximate surface area is 170 Å². The molecule has 4 rings (SSSR count). The summed E-state index contributed by atoms with van der Waals surface area (Å²) in [5.74, 6) is -1.05. The van der Waals surface area contributed by atoms with Crippen LogP contribution in [0.4, 0.5) is 9.80 Å². The molecule has 1 aliphatic carbocycles. The summed E-state index contributed by atoms with van der Waals surface area (Å²) in [6, 6.07) is 7.01. The Hall–Kier alpha value is -3.20. The van der Waals surface area contributed by atoms with Gasteiger partial charge in [-0.1, -0.05) is 12.5 Å². The third kappa shape index (κ3) is 4.45. The number of alkyl carbamates (subject to hydrolysis) is 1. The molecule has 1 fully saturated rings. The average Bonchev–Trinajstić information content (AvgIpc) is 3.35. The summed E-state index contributed by atoms with van der Waals surface area (Å²) in [7, 11) is 0. The Morgan fingerprint density at radius 2 is 1.93 bits per heavy atom. The van der Waals surface area contributed by atoms with E-state index in [0.29, 0.717) is 10.6 Å². The lowest BCUT2D eigenvalue weighted by atomic mass is 9.98. The molecule has 0 saturated heterocycles. The maximum Gasteiger partial charge on any atom is 0.414 e. The Morgan fingerprint density at radius 1 is 1.10 bits per heavy atom. The van der Waals surface area contributed by atoms with Gasteiger partial charge in [-0.15, -0.1) is 11.3 Å². The van der Waals surface area contributed by atoms with Crippen molar-refractivity contribution in [1.29, 1.82) is 0 Å². The first-order valence-corrected chi connectivity index (χ1v) is 10.3. The number of amides is 3. The van der Waals surface area contributed by atoms with Gasteiger partial charge in [0.15, 0.2) is 0 Å². The number of hydrogen-bond donors (Lipinski definition) is 2. The normalized spacial score (nSPS) is 14.5. The molecule has 0 atom stereocenters. The molecule has 0 radical (unpaired) electrons. The van der Waals surface area contributed by atoms with Crippen LogP contribution >= 0.6 is 11.3 Å². The summed E-state index contributed by atoms with van der Waals surface area (Å²) in [6.07, 6.45) is 7.33. The molecule has 0 bridgehead atoms. The molecule has 2 N–H and O–H groups in total. The lowest BCUT2D eigenvalue weighted by Crippen LogP contribution is -2.34. The predicted molar refractivity (Wildman–Crippen MR) is 108 cm³/mol.